The number of hydrogen-bond acceptors (Lipinski definition) is 5. The summed E-state index contributed by atoms with van der Waals surface area (Å²) in [6, 6.07) is 1.29. The summed E-state index contributed by atoms with van der Waals surface area (Å²) in [4.78, 5) is 12.0. The topological polar surface area (TPSA) is 71.6 Å². The second kappa shape index (κ2) is 8.31. The summed E-state index contributed by atoms with van der Waals surface area (Å²) in [6.07, 6.45) is 3.96. The zero-order valence-corrected chi connectivity index (χ0v) is 15.0. The van der Waals surface area contributed by atoms with Crippen molar-refractivity contribution in [3.05, 3.63) is 0 Å². The maximum atomic E-state index is 12.0. The van der Waals surface area contributed by atoms with Crippen molar-refractivity contribution >= 4 is 6.09 Å². The predicted molar refractivity (Wildman–Crippen MR) is 90.6 cm³/mol. The molecule has 1 aliphatic carbocycles. The lowest BCUT2D eigenvalue weighted by Crippen LogP contribution is -2.52. The minimum Gasteiger partial charge on any atom is -0.444 e. The molecule has 1 saturated carbocycles. The van der Waals surface area contributed by atoms with Gasteiger partial charge in [-0.3, -0.25) is 0 Å². The highest BCUT2D eigenvalue weighted by Gasteiger charge is 2.31. The SMILES string of the molecule is CC(CC1COCCN1)NC1CCCC1NC(=O)OC(C)(C)C. The zero-order valence-electron chi connectivity index (χ0n) is 15.0. The molecular weight excluding hydrogens is 294 g/mol. The van der Waals surface area contributed by atoms with E-state index >= 15 is 0 Å². The summed E-state index contributed by atoms with van der Waals surface area (Å²) in [7, 11) is 0. The monoisotopic (exact) mass is 327 g/mol. The molecule has 2 fully saturated rings. The van der Waals surface area contributed by atoms with Crippen LogP contribution in [-0.4, -0.2) is 55.6 Å². The Morgan fingerprint density at radius 1 is 1.35 bits per heavy atom. The van der Waals surface area contributed by atoms with Crippen molar-refractivity contribution in [3.63, 3.8) is 0 Å². The molecule has 1 aliphatic heterocycles. The van der Waals surface area contributed by atoms with Crippen molar-refractivity contribution in [2.45, 2.75) is 83.1 Å². The van der Waals surface area contributed by atoms with Crippen LogP contribution in [0.25, 0.3) is 0 Å². The first-order valence-electron chi connectivity index (χ1n) is 8.90. The lowest BCUT2D eigenvalue weighted by atomic mass is 10.1. The molecule has 0 spiro atoms. The molecule has 6 heteroatoms. The molecule has 23 heavy (non-hydrogen) atoms. The fourth-order valence-electron chi connectivity index (χ4n) is 3.42. The normalized spacial score (nSPS) is 30.0. The van der Waals surface area contributed by atoms with Crippen LogP contribution in [0.5, 0.6) is 0 Å². The second-order valence-electron chi connectivity index (χ2n) is 7.82. The summed E-state index contributed by atoms with van der Waals surface area (Å²) in [5.74, 6) is 0. The van der Waals surface area contributed by atoms with Gasteiger partial charge in [0, 0.05) is 30.7 Å². The average Bonchev–Trinajstić information content (AvgIpc) is 2.84. The molecule has 1 heterocycles. The molecule has 1 saturated heterocycles. The molecule has 4 atom stereocenters. The number of morpholine rings is 1. The Bertz CT molecular complexity index is 378. The minimum atomic E-state index is -0.453. The Kier molecular flexibility index (Phi) is 6.68. The number of rotatable bonds is 5. The van der Waals surface area contributed by atoms with Crippen LogP contribution in [0.3, 0.4) is 0 Å². The van der Waals surface area contributed by atoms with Gasteiger partial charge < -0.3 is 25.4 Å². The molecule has 0 radical (unpaired) electrons. The van der Waals surface area contributed by atoms with Gasteiger partial charge in [-0.05, 0) is 53.4 Å². The number of ether oxygens (including phenoxy) is 2. The fourth-order valence-corrected chi connectivity index (χ4v) is 3.42. The van der Waals surface area contributed by atoms with Gasteiger partial charge in [-0.2, -0.15) is 0 Å². The van der Waals surface area contributed by atoms with Gasteiger partial charge in [0.05, 0.1) is 13.2 Å². The van der Waals surface area contributed by atoms with E-state index in [1.807, 2.05) is 20.8 Å². The molecule has 2 rings (SSSR count). The van der Waals surface area contributed by atoms with Gasteiger partial charge in [-0.15, -0.1) is 0 Å². The van der Waals surface area contributed by atoms with Crippen molar-refractivity contribution in [2.75, 3.05) is 19.8 Å². The van der Waals surface area contributed by atoms with E-state index in [9.17, 15) is 4.79 Å². The van der Waals surface area contributed by atoms with Gasteiger partial charge >= 0.3 is 6.09 Å². The molecule has 2 aliphatic rings. The van der Waals surface area contributed by atoms with Crippen molar-refractivity contribution < 1.29 is 14.3 Å². The van der Waals surface area contributed by atoms with Gasteiger partial charge in [0.2, 0.25) is 0 Å². The van der Waals surface area contributed by atoms with Crippen molar-refractivity contribution in [1.82, 2.24) is 16.0 Å². The Balaban J connectivity index is 1.75. The van der Waals surface area contributed by atoms with Crippen LogP contribution < -0.4 is 16.0 Å². The molecule has 0 bridgehead atoms. The first-order chi connectivity index (χ1) is 10.8. The predicted octanol–water partition coefficient (Wildman–Crippen LogP) is 1.79. The third-order valence-electron chi connectivity index (χ3n) is 4.35. The van der Waals surface area contributed by atoms with Crippen LogP contribution in [0.15, 0.2) is 0 Å². The van der Waals surface area contributed by atoms with E-state index in [-0.39, 0.29) is 12.1 Å². The molecule has 6 nitrogen and oxygen atoms in total. The summed E-state index contributed by atoms with van der Waals surface area (Å²) >= 11 is 0. The number of amides is 1. The lowest BCUT2D eigenvalue weighted by molar-refractivity contribution is 0.0495. The van der Waals surface area contributed by atoms with Gasteiger partial charge in [0.15, 0.2) is 0 Å². The van der Waals surface area contributed by atoms with E-state index < -0.39 is 5.60 Å². The van der Waals surface area contributed by atoms with E-state index in [1.54, 1.807) is 0 Å². The third kappa shape index (κ3) is 6.65. The fraction of sp³-hybridized carbons (Fsp3) is 0.941. The van der Waals surface area contributed by atoms with Crippen LogP contribution >= 0.6 is 0 Å². The molecule has 3 N–H and O–H groups in total. The number of alkyl carbamates (subject to hydrolysis) is 1. The van der Waals surface area contributed by atoms with Gasteiger partial charge in [-0.25, -0.2) is 4.79 Å². The van der Waals surface area contributed by atoms with Crippen LogP contribution in [0.1, 0.15) is 53.4 Å². The van der Waals surface area contributed by atoms with E-state index in [1.165, 1.54) is 0 Å². The highest BCUT2D eigenvalue weighted by Crippen LogP contribution is 2.21. The Hall–Kier alpha value is -0.850. The quantitative estimate of drug-likeness (QED) is 0.718. The summed E-state index contributed by atoms with van der Waals surface area (Å²) < 4.78 is 10.9. The highest BCUT2D eigenvalue weighted by molar-refractivity contribution is 5.68. The second-order valence-corrected chi connectivity index (χ2v) is 7.82. The van der Waals surface area contributed by atoms with E-state index in [4.69, 9.17) is 9.47 Å². The van der Waals surface area contributed by atoms with E-state index in [2.05, 4.69) is 22.9 Å². The minimum absolute atomic E-state index is 0.155. The first kappa shape index (κ1) is 18.5. The summed E-state index contributed by atoms with van der Waals surface area (Å²) in [5, 5.41) is 10.2. The first-order valence-corrected chi connectivity index (χ1v) is 8.90. The van der Waals surface area contributed by atoms with Crippen LogP contribution in [-0.2, 0) is 9.47 Å². The maximum absolute atomic E-state index is 12.0. The number of carbonyl (C=O) groups is 1. The van der Waals surface area contributed by atoms with Crippen molar-refractivity contribution in [2.24, 2.45) is 0 Å². The number of carbonyl (C=O) groups excluding carboxylic acids is 1. The Morgan fingerprint density at radius 3 is 2.74 bits per heavy atom. The van der Waals surface area contributed by atoms with Gasteiger partial charge in [-0.1, -0.05) is 0 Å². The largest absolute Gasteiger partial charge is 0.444 e. The zero-order chi connectivity index (χ0) is 16.9. The number of hydrogen-bond donors (Lipinski definition) is 3. The van der Waals surface area contributed by atoms with Crippen molar-refractivity contribution in [1.29, 1.82) is 0 Å². The van der Waals surface area contributed by atoms with Crippen molar-refractivity contribution in [3.8, 4) is 0 Å². The van der Waals surface area contributed by atoms with Gasteiger partial charge in [0.25, 0.3) is 0 Å². The molecule has 134 valence electrons. The smallest absolute Gasteiger partial charge is 0.407 e. The molecular formula is C17H33N3O3. The Labute approximate surface area is 140 Å². The maximum Gasteiger partial charge on any atom is 0.407 e. The average molecular weight is 327 g/mol. The highest BCUT2D eigenvalue weighted by atomic mass is 16.6. The molecule has 1 amide bonds. The van der Waals surface area contributed by atoms with Gasteiger partial charge in [0.1, 0.15) is 5.60 Å². The lowest BCUT2D eigenvalue weighted by Gasteiger charge is -2.30. The van der Waals surface area contributed by atoms with E-state index in [0.29, 0.717) is 18.1 Å². The van der Waals surface area contributed by atoms with Crippen LogP contribution in [0.4, 0.5) is 4.79 Å². The summed E-state index contributed by atoms with van der Waals surface area (Å²) in [5.41, 5.74) is -0.453. The Morgan fingerprint density at radius 2 is 2.09 bits per heavy atom. The molecule has 0 aromatic rings. The number of nitrogens with one attached hydrogen (secondary N) is 3. The molecule has 4 unspecified atom stereocenters. The van der Waals surface area contributed by atoms with Crippen LogP contribution in [0.2, 0.25) is 0 Å². The van der Waals surface area contributed by atoms with Crippen LogP contribution in [0, 0.1) is 0 Å². The standard InChI is InChI=1S/C17H33N3O3/c1-12(10-13-11-22-9-8-18-13)19-14-6-5-7-15(14)20-16(21)23-17(2,3)4/h12-15,18-19H,5-11H2,1-4H3,(H,20,21). The van der Waals surface area contributed by atoms with E-state index in [0.717, 1.165) is 45.4 Å². The third-order valence-corrected chi connectivity index (χ3v) is 4.35. The molecule has 0 aromatic heterocycles. The summed E-state index contributed by atoms with van der Waals surface area (Å²) in [6.45, 7) is 10.4. The molecule has 0 aromatic carbocycles.